The van der Waals surface area contributed by atoms with Crippen LogP contribution >= 0.6 is 31.9 Å². The Kier molecular flexibility index (Phi) is 7.03. The zero-order valence-corrected chi connectivity index (χ0v) is 19.1. The number of nitro groups is 1. The lowest BCUT2D eigenvalue weighted by Gasteiger charge is -2.12. The minimum atomic E-state index is -0.480. The molecule has 0 aliphatic carbocycles. The molecule has 0 radical (unpaired) electrons. The van der Waals surface area contributed by atoms with Crippen LogP contribution in [-0.2, 0) is 6.61 Å². The number of rotatable bonds is 6. The smallest absolute Gasteiger partial charge is 0.270 e. The van der Waals surface area contributed by atoms with Crippen LogP contribution in [0, 0.1) is 28.4 Å². The van der Waals surface area contributed by atoms with Crippen LogP contribution < -0.4 is 4.74 Å². The Balaban J connectivity index is 1.87. The molecular formula is C23H16Br2N2O3. The Morgan fingerprint density at radius 3 is 2.47 bits per heavy atom. The molecule has 0 atom stereocenters. The van der Waals surface area contributed by atoms with E-state index in [9.17, 15) is 15.4 Å². The molecule has 0 N–H and O–H groups in total. The highest BCUT2D eigenvalue weighted by atomic mass is 79.9. The van der Waals surface area contributed by atoms with Gasteiger partial charge in [0.1, 0.15) is 12.4 Å². The van der Waals surface area contributed by atoms with Crippen molar-refractivity contribution < 1.29 is 9.66 Å². The van der Waals surface area contributed by atoms with Crippen molar-refractivity contribution in [3.63, 3.8) is 0 Å². The van der Waals surface area contributed by atoms with Crippen molar-refractivity contribution in [1.82, 2.24) is 0 Å². The highest BCUT2D eigenvalue weighted by molar-refractivity contribution is 9.11. The number of nitro benzene ring substituents is 1. The Hall–Kier alpha value is -2.95. The molecule has 3 aromatic carbocycles. The van der Waals surface area contributed by atoms with Gasteiger partial charge in [0.25, 0.3) is 5.69 Å². The third kappa shape index (κ3) is 5.35. The van der Waals surface area contributed by atoms with E-state index in [1.165, 1.54) is 17.7 Å². The summed E-state index contributed by atoms with van der Waals surface area (Å²) in [6, 6.07) is 19.9. The Morgan fingerprint density at radius 2 is 1.83 bits per heavy atom. The van der Waals surface area contributed by atoms with Crippen molar-refractivity contribution in [2.45, 2.75) is 13.5 Å². The SMILES string of the molecule is Cc1cccc(COc2c(Br)cc(/C=C(/C#N)c3cccc([N+](=O)[O-])c3)cc2Br)c1. The van der Waals surface area contributed by atoms with Crippen molar-refractivity contribution in [1.29, 1.82) is 5.26 Å². The van der Waals surface area contributed by atoms with Crippen molar-refractivity contribution >= 4 is 49.2 Å². The number of allylic oxidation sites excluding steroid dienone is 1. The standard InChI is InChI=1S/C23H16Br2N2O3/c1-15-4-2-5-16(8-15)14-30-23-21(24)10-17(11-22(23)25)9-19(13-26)18-6-3-7-20(12-18)27(28)29/h2-12H,14H2,1H3/b19-9-. The van der Waals surface area contributed by atoms with Gasteiger partial charge in [0, 0.05) is 12.1 Å². The summed E-state index contributed by atoms with van der Waals surface area (Å²) < 4.78 is 7.42. The molecule has 0 aromatic heterocycles. The number of halogens is 2. The number of aryl methyl sites for hydroxylation is 1. The molecule has 0 unspecified atom stereocenters. The van der Waals surface area contributed by atoms with E-state index in [0.717, 1.165) is 20.1 Å². The minimum absolute atomic E-state index is 0.0593. The van der Waals surface area contributed by atoms with Gasteiger partial charge in [0.2, 0.25) is 0 Å². The first kappa shape index (κ1) is 21.8. The molecule has 3 rings (SSSR count). The van der Waals surface area contributed by atoms with E-state index in [1.54, 1.807) is 18.2 Å². The normalized spacial score (nSPS) is 11.1. The van der Waals surface area contributed by atoms with Gasteiger partial charge in [0.05, 0.1) is 25.5 Å². The number of non-ortho nitro benzene ring substituents is 1. The van der Waals surface area contributed by atoms with E-state index in [2.05, 4.69) is 44.0 Å². The quantitative estimate of drug-likeness (QED) is 0.149. The molecule has 3 aromatic rings. The summed E-state index contributed by atoms with van der Waals surface area (Å²) in [5.74, 6) is 0.655. The van der Waals surface area contributed by atoms with Gasteiger partial charge in [0.15, 0.2) is 0 Å². The summed E-state index contributed by atoms with van der Waals surface area (Å²) in [7, 11) is 0. The molecule has 0 bridgehead atoms. The highest BCUT2D eigenvalue weighted by Gasteiger charge is 2.12. The lowest BCUT2D eigenvalue weighted by atomic mass is 10.0. The molecule has 0 heterocycles. The van der Waals surface area contributed by atoms with Crippen LogP contribution in [0.2, 0.25) is 0 Å². The molecule has 30 heavy (non-hydrogen) atoms. The lowest BCUT2D eigenvalue weighted by molar-refractivity contribution is -0.384. The van der Waals surface area contributed by atoms with Gasteiger partial charge in [-0.3, -0.25) is 10.1 Å². The first-order valence-corrected chi connectivity index (χ1v) is 10.5. The second kappa shape index (κ2) is 9.70. The van der Waals surface area contributed by atoms with Crippen molar-refractivity contribution in [3.8, 4) is 11.8 Å². The Bertz CT molecular complexity index is 1160. The van der Waals surface area contributed by atoms with E-state index in [-0.39, 0.29) is 5.69 Å². The topological polar surface area (TPSA) is 76.2 Å². The maximum Gasteiger partial charge on any atom is 0.270 e. The van der Waals surface area contributed by atoms with Crippen LogP contribution in [0.25, 0.3) is 11.6 Å². The van der Waals surface area contributed by atoms with Crippen LogP contribution in [0.15, 0.2) is 69.6 Å². The molecule has 150 valence electrons. The fourth-order valence-electron chi connectivity index (χ4n) is 2.89. The molecule has 0 aliphatic rings. The van der Waals surface area contributed by atoms with E-state index in [4.69, 9.17) is 4.74 Å². The van der Waals surface area contributed by atoms with Crippen molar-refractivity contribution in [3.05, 3.63) is 102 Å². The monoisotopic (exact) mass is 526 g/mol. The average molecular weight is 528 g/mol. The highest BCUT2D eigenvalue weighted by Crippen LogP contribution is 2.36. The number of ether oxygens (including phenoxy) is 1. The average Bonchev–Trinajstić information content (AvgIpc) is 2.71. The molecule has 0 amide bonds. The maximum absolute atomic E-state index is 11.0. The fraction of sp³-hybridized carbons (Fsp3) is 0.0870. The zero-order chi connectivity index (χ0) is 21.7. The second-order valence-electron chi connectivity index (χ2n) is 6.57. The van der Waals surface area contributed by atoms with Crippen LogP contribution in [-0.4, -0.2) is 4.92 Å². The summed E-state index contributed by atoms with van der Waals surface area (Å²) in [5, 5.41) is 20.6. The Morgan fingerprint density at radius 1 is 1.13 bits per heavy atom. The number of hydrogen-bond donors (Lipinski definition) is 0. The molecular weight excluding hydrogens is 512 g/mol. The van der Waals surface area contributed by atoms with Crippen LogP contribution in [0.3, 0.4) is 0 Å². The van der Waals surface area contributed by atoms with Gasteiger partial charge in [-0.05, 0) is 73.7 Å². The zero-order valence-electron chi connectivity index (χ0n) is 15.9. The van der Waals surface area contributed by atoms with Gasteiger partial charge in [-0.1, -0.05) is 42.0 Å². The van der Waals surface area contributed by atoms with Gasteiger partial charge < -0.3 is 4.74 Å². The number of nitrogens with zero attached hydrogens (tertiary/aromatic N) is 2. The molecule has 0 aliphatic heterocycles. The number of benzene rings is 3. The Labute approximate surface area is 191 Å². The third-order valence-corrected chi connectivity index (χ3v) is 5.46. The molecule has 0 spiro atoms. The lowest BCUT2D eigenvalue weighted by Crippen LogP contribution is -1.97. The molecule has 5 nitrogen and oxygen atoms in total. The fourth-order valence-corrected chi connectivity index (χ4v) is 4.34. The first-order valence-electron chi connectivity index (χ1n) is 8.91. The number of hydrogen-bond acceptors (Lipinski definition) is 4. The maximum atomic E-state index is 11.0. The molecule has 0 saturated carbocycles. The summed E-state index contributed by atoms with van der Waals surface area (Å²) in [4.78, 5) is 10.5. The van der Waals surface area contributed by atoms with Gasteiger partial charge in [-0.25, -0.2) is 0 Å². The minimum Gasteiger partial charge on any atom is -0.487 e. The summed E-state index contributed by atoms with van der Waals surface area (Å²) in [5.41, 5.74) is 3.73. The van der Waals surface area contributed by atoms with Crippen LogP contribution in [0.5, 0.6) is 5.75 Å². The van der Waals surface area contributed by atoms with Gasteiger partial charge in [-0.2, -0.15) is 5.26 Å². The predicted octanol–water partition coefficient (Wildman–Crippen LogP) is 7.07. The first-order chi connectivity index (χ1) is 14.4. The van der Waals surface area contributed by atoms with Crippen LogP contribution in [0.4, 0.5) is 5.69 Å². The van der Waals surface area contributed by atoms with Gasteiger partial charge >= 0.3 is 0 Å². The van der Waals surface area contributed by atoms with E-state index in [0.29, 0.717) is 23.5 Å². The molecule has 0 fully saturated rings. The van der Waals surface area contributed by atoms with Crippen molar-refractivity contribution in [2.75, 3.05) is 0 Å². The van der Waals surface area contributed by atoms with Gasteiger partial charge in [-0.15, -0.1) is 0 Å². The predicted molar refractivity (Wildman–Crippen MR) is 124 cm³/mol. The van der Waals surface area contributed by atoms with Crippen molar-refractivity contribution in [2.24, 2.45) is 0 Å². The third-order valence-electron chi connectivity index (χ3n) is 4.29. The van der Waals surface area contributed by atoms with Crippen LogP contribution in [0.1, 0.15) is 22.3 Å². The summed E-state index contributed by atoms with van der Waals surface area (Å²) in [6.07, 6.45) is 1.68. The van der Waals surface area contributed by atoms with E-state index < -0.39 is 4.92 Å². The molecule has 7 heteroatoms. The molecule has 0 saturated heterocycles. The largest absolute Gasteiger partial charge is 0.487 e. The second-order valence-corrected chi connectivity index (χ2v) is 8.28. The summed E-state index contributed by atoms with van der Waals surface area (Å²) in [6.45, 7) is 2.45. The summed E-state index contributed by atoms with van der Waals surface area (Å²) >= 11 is 7.06. The van der Waals surface area contributed by atoms with E-state index >= 15 is 0 Å². The van der Waals surface area contributed by atoms with E-state index in [1.807, 2.05) is 37.3 Å². The number of nitriles is 1.